The van der Waals surface area contributed by atoms with Crippen molar-refractivity contribution in [1.82, 2.24) is 15.0 Å². The second kappa shape index (κ2) is 10.5. The van der Waals surface area contributed by atoms with Gasteiger partial charge in [0.2, 0.25) is 0 Å². The van der Waals surface area contributed by atoms with Crippen LogP contribution in [0.3, 0.4) is 0 Å². The molecule has 8 rings (SSSR count). The van der Waals surface area contributed by atoms with Gasteiger partial charge in [-0.2, -0.15) is 0 Å². The molecule has 0 saturated heterocycles. The monoisotopic (exact) mass is 551 g/mol. The molecule has 0 amide bonds. The van der Waals surface area contributed by atoms with E-state index in [9.17, 15) is 0 Å². The quantitative estimate of drug-likeness (QED) is 0.214. The van der Waals surface area contributed by atoms with E-state index in [0.29, 0.717) is 5.82 Å². The standard InChI is InChI=1S/C39H25N3O/c1-2-9-26(10-3-1)27-18-20-28(21-19-27)35-24-36(42-39(41-35)31-13-8-22-40-25-31)30-12-6-11-29(23-30)32-15-7-16-34-33-14-4-5-17-37(33)43-38(32)34/h1-25H. The van der Waals surface area contributed by atoms with Gasteiger partial charge in [0.05, 0.1) is 11.4 Å². The number of hydrogen-bond donors (Lipinski definition) is 0. The van der Waals surface area contributed by atoms with Gasteiger partial charge in [0.1, 0.15) is 11.2 Å². The van der Waals surface area contributed by atoms with Crippen molar-refractivity contribution in [2.45, 2.75) is 0 Å². The molecule has 4 nitrogen and oxygen atoms in total. The van der Waals surface area contributed by atoms with Crippen molar-refractivity contribution in [1.29, 1.82) is 0 Å². The summed E-state index contributed by atoms with van der Waals surface area (Å²) in [6.07, 6.45) is 3.57. The zero-order chi connectivity index (χ0) is 28.6. The molecule has 0 aliphatic heterocycles. The van der Waals surface area contributed by atoms with E-state index in [1.165, 1.54) is 11.1 Å². The van der Waals surface area contributed by atoms with Crippen molar-refractivity contribution in [3.05, 3.63) is 152 Å². The average molecular weight is 552 g/mol. The van der Waals surface area contributed by atoms with Crippen LogP contribution in [-0.2, 0) is 0 Å². The number of nitrogens with zero attached hydrogens (tertiary/aromatic N) is 3. The van der Waals surface area contributed by atoms with Crippen LogP contribution < -0.4 is 0 Å². The van der Waals surface area contributed by atoms with Crippen LogP contribution >= 0.6 is 0 Å². The Balaban J connectivity index is 1.25. The molecule has 43 heavy (non-hydrogen) atoms. The SMILES string of the molecule is c1ccc(-c2ccc(-c3cc(-c4cccc(-c5cccc6c5oc5ccccc56)c4)nc(-c4cccnc4)n3)cc2)cc1. The lowest BCUT2D eigenvalue weighted by Crippen LogP contribution is -1.96. The van der Waals surface area contributed by atoms with Gasteiger partial charge in [0, 0.05) is 45.4 Å². The molecular formula is C39H25N3O. The van der Waals surface area contributed by atoms with Crippen molar-refractivity contribution < 1.29 is 4.42 Å². The van der Waals surface area contributed by atoms with E-state index < -0.39 is 0 Å². The van der Waals surface area contributed by atoms with Crippen LogP contribution in [-0.4, -0.2) is 15.0 Å². The Hall–Kier alpha value is -5.87. The van der Waals surface area contributed by atoms with Gasteiger partial charge in [-0.15, -0.1) is 0 Å². The molecule has 0 spiro atoms. The summed E-state index contributed by atoms with van der Waals surface area (Å²) in [5.74, 6) is 0.637. The number of aromatic nitrogens is 3. The lowest BCUT2D eigenvalue weighted by molar-refractivity contribution is 0.670. The Kier molecular flexibility index (Phi) is 6.08. The zero-order valence-electron chi connectivity index (χ0n) is 23.2. The topological polar surface area (TPSA) is 51.8 Å². The highest BCUT2D eigenvalue weighted by Gasteiger charge is 2.15. The Labute approximate surface area is 249 Å². The fourth-order valence-corrected chi connectivity index (χ4v) is 5.65. The summed E-state index contributed by atoms with van der Waals surface area (Å²) in [5.41, 5.74) is 10.8. The van der Waals surface area contributed by atoms with Gasteiger partial charge in [-0.3, -0.25) is 4.98 Å². The van der Waals surface area contributed by atoms with Crippen molar-refractivity contribution >= 4 is 21.9 Å². The summed E-state index contributed by atoms with van der Waals surface area (Å²) in [6, 6.07) is 47.9. The van der Waals surface area contributed by atoms with Crippen LogP contribution in [0.1, 0.15) is 0 Å². The van der Waals surface area contributed by atoms with Gasteiger partial charge in [-0.05, 0) is 47.0 Å². The molecule has 0 unspecified atom stereocenters. The fraction of sp³-hybridized carbons (Fsp3) is 0. The summed E-state index contributed by atoms with van der Waals surface area (Å²) in [4.78, 5) is 14.3. The third-order valence-corrected chi connectivity index (χ3v) is 7.81. The minimum atomic E-state index is 0.637. The molecule has 0 bridgehead atoms. The van der Waals surface area contributed by atoms with E-state index in [1.54, 1.807) is 12.4 Å². The number of furan rings is 1. The van der Waals surface area contributed by atoms with Crippen molar-refractivity contribution in [2.24, 2.45) is 0 Å². The Morgan fingerprint density at radius 3 is 1.93 bits per heavy atom. The molecular weight excluding hydrogens is 526 g/mol. The van der Waals surface area contributed by atoms with E-state index >= 15 is 0 Å². The lowest BCUT2D eigenvalue weighted by Gasteiger charge is -2.11. The largest absolute Gasteiger partial charge is 0.455 e. The van der Waals surface area contributed by atoms with Crippen LogP contribution in [0.25, 0.3) is 78.1 Å². The maximum absolute atomic E-state index is 6.35. The summed E-state index contributed by atoms with van der Waals surface area (Å²) < 4.78 is 6.35. The molecule has 0 saturated carbocycles. The lowest BCUT2D eigenvalue weighted by atomic mass is 9.98. The van der Waals surface area contributed by atoms with Crippen molar-refractivity contribution in [3.8, 4) is 56.2 Å². The first-order valence-corrected chi connectivity index (χ1v) is 14.3. The Morgan fingerprint density at radius 2 is 1.09 bits per heavy atom. The molecule has 3 heterocycles. The first kappa shape index (κ1) is 24.9. The predicted molar refractivity (Wildman–Crippen MR) is 174 cm³/mol. The van der Waals surface area contributed by atoms with E-state index in [0.717, 1.165) is 61.1 Å². The molecule has 0 aliphatic carbocycles. The first-order valence-electron chi connectivity index (χ1n) is 14.3. The van der Waals surface area contributed by atoms with Crippen LogP contribution in [0.15, 0.2) is 156 Å². The highest BCUT2D eigenvalue weighted by molar-refractivity contribution is 6.09. The molecule has 0 fully saturated rings. The molecule has 0 radical (unpaired) electrons. The minimum Gasteiger partial charge on any atom is -0.455 e. The molecule has 4 heteroatoms. The third-order valence-electron chi connectivity index (χ3n) is 7.81. The van der Waals surface area contributed by atoms with Crippen LogP contribution in [0.5, 0.6) is 0 Å². The zero-order valence-corrected chi connectivity index (χ0v) is 23.2. The van der Waals surface area contributed by atoms with Gasteiger partial charge in [0.15, 0.2) is 5.82 Å². The molecule has 0 aliphatic rings. The fourth-order valence-electron chi connectivity index (χ4n) is 5.65. The average Bonchev–Trinajstić information content (AvgIpc) is 3.48. The van der Waals surface area contributed by atoms with Crippen LogP contribution in [0, 0.1) is 0 Å². The number of rotatable bonds is 5. The number of para-hydroxylation sites is 2. The van der Waals surface area contributed by atoms with Gasteiger partial charge in [-0.1, -0.05) is 109 Å². The minimum absolute atomic E-state index is 0.637. The molecule has 3 aromatic heterocycles. The highest BCUT2D eigenvalue weighted by Crippen LogP contribution is 2.37. The summed E-state index contributed by atoms with van der Waals surface area (Å²) in [6.45, 7) is 0. The Bertz CT molecular complexity index is 2220. The van der Waals surface area contributed by atoms with Crippen molar-refractivity contribution in [2.75, 3.05) is 0 Å². The summed E-state index contributed by atoms with van der Waals surface area (Å²) >= 11 is 0. The van der Waals surface area contributed by atoms with E-state index in [4.69, 9.17) is 14.4 Å². The molecule has 8 aromatic rings. The first-order chi connectivity index (χ1) is 21.3. The second-order valence-corrected chi connectivity index (χ2v) is 10.5. The maximum atomic E-state index is 6.35. The molecule has 5 aromatic carbocycles. The van der Waals surface area contributed by atoms with E-state index in [1.807, 2.05) is 36.4 Å². The Morgan fingerprint density at radius 1 is 0.442 bits per heavy atom. The number of pyridine rings is 1. The summed E-state index contributed by atoms with van der Waals surface area (Å²) in [5, 5.41) is 2.23. The van der Waals surface area contributed by atoms with Crippen LogP contribution in [0.4, 0.5) is 0 Å². The summed E-state index contributed by atoms with van der Waals surface area (Å²) in [7, 11) is 0. The number of benzene rings is 5. The predicted octanol–water partition coefficient (Wildman–Crippen LogP) is 10.1. The number of hydrogen-bond acceptors (Lipinski definition) is 4. The van der Waals surface area contributed by atoms with Gasteiger partial charge in [0.25, 0.3) is 0 Å². The molecule has 0 N–H and O–H groups in total. The normalized spacial score (nSPS) is 11.3. The number of fused-ring (bicyclic) bond motifs is 3. The van der Waals surface area contributed by atoms with Gasteiger partial charge < -0.3 is 4.42 Å². The second-order valence-electron chi connectivity index (χ2n) is 10.5. The third kappa shape index (κ3) is 4.65. The molecule has 0 atom stereocenters. The van der Waals surface area contributed by atoms with E-state index in [-0.39, 0.29) is 0 Å². The van der Waals surface area contributed by atoms with E-state index in [2.05, 4.69) is 108 Å². The highest BCUT2D eigenvalue weighted by atomic mass is 16.3. The maximum Gasteiger partial charge on any atom is 0.161 e. The molecule has 202 valence electrons. The van der Waals surface area contributed by atoms with Gasteiger partial charge in [-0.25, -0.2) is 9.97 Å². The van der Waals surface area contributed by atoms with Gasteiger partial charge >= 0.3 is 0 Å². The van der Waals surface area contributed by atoms with Crippen LogP contribution in [0.2, 0.25) is 0 Å². The smallest absolute Gasteiger partial charge is 0.161 e. The van der Waals surface area contributed by atoms with Crippen molar-refractivity contribution in [3.63, 3.8) is 0 Å².